The first-order chi connectivity index (χ1) is 9.66. The molecule has 0 spiro atoms. The largest absolute Gasteiger partial charge is 0.370 e. The van der Waals surface area contributed by atoms with Crippen LogP contribution in [0.25, 0.3) is 5.69 Å². The smallest absolute Gasteiger partial charge is 0.189 e. The van der Waals surface area contributed by atoms with Gasteiger partial charge in [0.25, 0.3) is 0 Å². The van der Waals surface area contributed by atoms with E-state index in [-0.39, 0.29) is 24.0 Å². The Labute approximate surface area is 142 Å². The standard InChI is InChI=1S/C15H19N5.HI/c1-12(2)10-17-15(16)18-11-13-6-3-4-7-14(13)20-9-5-8-19-20;/h3-9H,1,10-11H2,2H3,(H3,16,17,18);1H. The Bertz CT molecular complexity index is 604. The fraction of sp³-hybridized carbons (Fsp3) is 0.200. The number of halogens is 1. The van der Waals surface area contributed by atoms with Gasteiger partial charge in [0.15, 0.2) is 5.96 Å². The summed E-state index contributed by atoms with van der Waals surface area (Å²) in [4.78, 5) is 4.34. The number of benzene rings is 1. The Balaban J connectivity index is 0.00000220. The number of aliphatic imine (C=N–C) groups is 1. The molecule has 0 unspecified atom stereocenters. The molecule has 21 heavy (non-hydrogen) atoms. The molecule has 112 valence electrons. The van der Waals surface area contributed by atoms with Crippen LogP contribution in [0.1, 0.15) is 12.5 Å². The molecule has 2 rings (SSSR count). The van der Waals surface area contributed by atoms with E-state index >= 15 is 0 Å². The average Bonchev–Trinajstić information content (AvgIpc) is 2.97. The molecule has 3 N–H and O–H groups in total. The normalized spacial score (nSPS) is 10.8. The van der Waals surface area contributed by atoms with Crippen LogP contribution in [0.15, 0.2) is 59.9 Å². The summed E-state index contributed by atoms with van der Waals surface area (Å²) in [5.41, 5.74) is 8.90. The van der Waals surface area contributed by atoms with Crippen LogP contribution < -0.4 is 11.1 Å². The Hall–Kier alpha value is -1.83. The summed E-state index contributed by atoms with van der Waals surface area (Å²) in [6.45, 7) is 6.89. The van der Waals surface area contributed by atoms with Crippen molar-refractivity contribution in [2.24, 2.45) is 10.7 Å². The number of rotatable bonds is 5. The summed E-state index contributed by atoms with van der Waals surface area (Å²) >= 11 is 0. The predicted octanol–water partition coefficient (Wildman–Crippen LogP) is 2.47. The van der Waals surface area contributed by atoms with Crippen molar-refractivity contribution in [2.75, 3.05) is 6.54 Å². The van der Waals surface area contributed by atoms with Crippen LogP contribution in [0.4, 0.5) is 0 Å². The van der Waals surface area contributed by atoms with Crippen molar-refractivity contribution in [1.29, 1.82) is 0 Å². The number of guanidine groups is 1. The molecule has 0 bridgehead atoms. The second-order valence-corrected chi connectivity index (χ2v) is 4.59. The number of hydrogen-bond acceptors (Lipinski definition) is 2. The van der Waals surface area contributed by atoms with Crippen LogP contribution in [0.5, 0.6) is 0 Å². The molecule has 0 radical (unpaired) electrons. The zero-order valence-electron chi connectivity index (χ0n) is 12.0. The molecule has 0 saturated carbocycles. The van der Waals surface area contributed by atoms with Crippen molar-refractivity contribution in [3.63, 3.8) is 0 Å². The number of nitrogens with one attached hydrogen (secondary N) is 1. The zero-order chi connectivity index (χ0) is 14.4. The molecule has 0 amide bonds. The minimum atomic E-state index is 0. The predicted molar refractivity (Wildman–Crippen MR) is 97.1 cm³/mol. The van der Waals surface area contributed by atoms with Gasteiger partial charge in [0.2, 0.25) is 0 Å². The number of nitrogens with two attached hydrogens (primary N) is 1. The molecule has 2 aromatic rings. The van der Waals surface area contributed by atoms with E-state index < -0.39 is 0 Å². The number of aromatic nitrogens is 2. The molecule has 6 heteroatoms. The maximum atomic E-state index is 5.81. The molecule has 0 aliphatic heterocycles. The highest BCUT2D eigenvalue weighted by molar-refractivity contribution is 14.0. The van der Waals surface area contributed by atoms with Crippen LogP contribution in [0.2, 0.25) is 0 Å². The van der Waals surface area contributed by atoms with Gasteiger partial charge in [-0.25, -0.2) is 9.67 Å². The average molecular weight is 397 g/mol. The van der Waals surface area contributed by atoms with Gasteiger partial charge in [-0.2, -0.15) is 5.10 Å². The molecular weight excluding hydrogens is 377 g/mol. The van der Waals surface area contributed by atoms with Gasteiger partial charge in [-0.15, -0.1) is 24.0 Å². The summed E-state index contributed by atoms with van der Waals surface area (Å²) < 4.78 is 1.82. The van der Waals surface area contributed by atoms with Gasteiger partial charge >= 0.3 is 0 Å². The van der Waals surface area contributed by atoms with E-state index in [0.717, 1.165) is 16.8 Å². The van der Waals surface area contributed by atoms with Crippen molar-refractivity contribution < 1.29 is 0 Å². The minimum Gasteiger partial charge on any atom is -0.370 e. The first kappa shape index (κ1) is 17.2. The Morgan fingerprint density at radius 3 is 2.81 bits per heavy atom. The Morgan fingerprint density at radius 2 is 2.14 bits per heavy atom. The van der Waals surface area contributed by atoms with E-state index in [0.29, 0.717) is 19.0 Å². The molecule has 0 aliphatic rings. The SMILES string of the molecule is C=C(C)CNC(N)=NCc1ccccc1-n1cccn1.I. The highest BCUT2D eigenvalue weighted by atomic mass is 127. The number of hydrogen-bond donors (Lipinski definition) is 2. The minimum absolute atomic E-state index is 0. The van der Waals surface area contributed by atoms with Crippen LogP contribution in [0, 0.1) is 0 Å². The van der Waals surface area contributed by atoms with E-state index in [1.54, 1.807) is 6.20 Å². The third kappa shape index (κ3) is 5.22. The van der Waals surface area contributed by atoms with Crippen molar-refractivity contribution in [3.05, 3.63) is 60.4 Å². The van der Waals surface area contributed by atoms with Crippen molar-refractivity contribution in [2.45, 2.75) is 13.5 Å². The molecular formula is C15H20IN5. The lowest BCUT2D eigenvalue weighted by Crippen LogP contribution is -2.32. The summed E-state index contributed by atoms with van der Waals surface area (Å²) in [5, 5.41) is 7.26. The number of nitrogens with zero attached hydrogens (tertiary/aromatic N) is 3. The lowest BCUT2D eigenvalue weighted by molar-refractivity contribution is 0.855. The lowest BCUT2D eigenvalue weighted by Gasteiger charge is -2.08. The fourth-order valence-electron chi connectivity index (χ4n) is 1.75. The van der Waals surface area contributed by atoms with Gasteiger partial charge in [0.05, 0.1) is 12.2 Å². The topological polar surface area (TPSA) is 68.2 Å². The molecule has 0 atom stereocenters. The van der Waals surface area contributed by atoms with Gasteiger partial charge in [0, 0.05) is 18.9 Å². The molecule has 1 aromatic carbocycles. The summed E-state index contributed by atoms with van der Waals surface area (Å²) in [6, 6.07) is 9.88. The van der Waals surface area contributed by atoms with Gasteiger partial charge in [-0.1, -0.05) is 30.4 Å². The molecule has 5 nitrogen and oxygen atoms in total. The van der Waals surface area contributed by atoms with E-state index in [2.05, 4.69) is 22.0 Å². The highest BCUT2D eigenvalue weighted by Gasteiger charge is 2.03. The summed E-state index contributed by atoms with van der Waals surface area (Å²) in [5.74, 6) is 0.420. The Kier molecular flexibility index (Phi) is 6.93. The van der Waals surface area contributed by atoms with Gasteiger partial charge in [-0.3, -0.25) is 0 Å². The fourth-order valence-corrected chi connectivity index (χ4v) is 1.75. The van der Waals surface area contributed by atoms with Crippen LogP contribution in [-0.4, -0.2) is 22.3 Å². The van der Waals surface area contributed by atoms with Gasteiger partial charge < -0.3 is 11.1 Å². The van der Waals surface area contributed by atoms with Crippen LogP contribution in [0.3, 0.4) is 0 Å². The second-order valence-electron chi connectivity index (χ2n) is 4.59. The second kappa shape index (κ2) is 8.46. The van der Waals surface area contributed by atoms with E-state index in [4.69, 9.17) is 5.73 Å². The molecule has 1 aromatic heterocycles. The summed E-state index contributed by atoms with van der Waals surface area (Å²) in [6.07, 6.45) is 3.66. The molecule has 0 saturated heterocycles. The Morgan fingerprint density at radius 1 is 1.38 bits per heavy atom. The van der Waals surface area contributed by atoms with Crippen molar-refractivity contribution in [1.82, 2.24) is 15.1 Å². The first-order valence-electron chi connectivity index (χ1n) is 6.43. The van der Waals surface area contributed by atoms with Crippen molar-refractivity contribution in [3.8, 4) is 5.69 Å². The zero-order valence-corrected chi connectivity index (χ0v) is 14.3. The van der Waals surface area contributed by atoms with E-state index in [1.165, 1.54) is 0 Å². The van der Waals surface area contributed by atoms with Crippen molar-refractivity contribution >= 4 is 29.9 Å². The van der Waals surface area contributed by atoms with E-state index in [1.807, 2.05) is 48.1 Å². The first-order valence-corrected chi connectivity index (χ1v) is 6.43. The molecule has 0 aliphatic carbocycles. The van der Waals surface area contributed by atoms with Crippen LogP contribution >= 0.6 is 24.0 Å². The maximum absolute atomic E-state index is 5.81. The lowest BCUT2D eigenvalue weighted by atomic mass is 10.2. The maximum Gasteiger partial charge on any atom is 0.189 e. The van der Waals surface area contributed by atoms with Gasteiger partial charge in [0.1, 0.15) is 0 Å². The van der Waals surface area contributed by atoms with E-state index in [9.17, 15) is 0 Å². The molecule has 0 fully saturated rings. The quantitative estimate of drug-likeness (QED) is 0.353. The van der Waals surface area contributed by atoms with Crippen LogP contribution in [-0.2, 0) is 6.54 Å². The molecule has 1 heterocycles. The monoisotopic (exact) mass is 397 g/mol. The summed E-state index contributed by atoms with van der Waals surface area (Å²) in [7, 11) is 0. The van der Waals surface area contributed by atoms with Gasteiger partial charge in [-0.05, 0) is 24.6 Å². The highest BCUT2D eigenvalue weighted by Crippen LogP contribution is 2.14. The third-order valence-electron chi connectivity index (χ3n) is 2.73. The third-order valence-corrected chi connectivity index (χ3v) is 2.73. The number of para-hydroxylation sites is 1.